The van der Waals surface area contributed by atoms with Gasteiger partial charge in [-0.2, -0.15) is 0 Å². The third-order valence-corrected chi connectivity index (χ3v) is 4.87. The maximum atomic E-state index is 12.5. The monoisotopic (exact) mass is 460 g/mol. The molecule has 2 amide bonds. The summed E-state index contributed by atoms with van der Waals surface area (Å²) in [7, 11) is 1.38. The molecular weight excluding hydrogens is 432 g/mol. The third-order valence-electron chi connectivity index (χ3n) is 4.87. The van der Waals surface area contributed by atoms with Gasteiger partial charge in [-0.25, -0.2) is 14.6 Å². The maximum absolute atomic E-state index is 12.5. The second-order valence-electron chi connectivity index (χ2n) is 7.21. The number of carbonyl (C=O) groups excluding carboxylic acids is 3. The van der Waals surface area contributed by atoms with Gasteiger partial charge in [0.2, 0.25) is 5.88 Å². The minimum atomic E-state index is -1.38. The number of ether oxygens (including phenoxy) is 1. The van der Waals surface area contributed by atoms with Gasteiger partial charge in [-0.05, 0) is 25.0 Å². The van der Waals surface area contributed by atoms with Crippen LogP contribution in [0.1, 0.15) is 55.8 Å². The number of aromatic nitrogens is 1. The minimum Gasteiger partial charge on any atom is -0.480 e. The number of hydrogen-bond acceptors (Lipinski definition) is 8. The highest BCUT2D eigenvalue weighted by Crippen LogP contribution is 2.21. The lowest BCUT2D eigenvalue weighted by molar-refractivity contribution is -0.155. The molecule has 0 aliphatic heterocycles. The lowest BCUT2D eigenvalue weighted by Gasteiger charge is -2.16. The van der Waals surface area contributed by atoms with Crippen LogP contribution in [0.25, 0.3) is 10.9 Å². The third kappa shape index (κ3) is 8.04. The van der Waals surface area contributed by atoms with Crippen molar-refractivity contribution in [3.8, 4) is 5.88 Å². The summed E-state index contributed by atoms with van der Waals surface area (Å²) in [4.78, 5) is 56.2. The molecule has 178 valence electrons. The largest absolute Gasteiger partial charge is 0.480 e. The van der Waals surface area contributed by atoms with Gasteiger partial charge in [-0.3, -0.25) is 15.0 Å². The van der Waals surface area contributed by atoms with Crippen molar-refractivity contribution in [3.63, 3.8) is 0 Å². The summed E-state index contributed by atoms with van der Waals surface area (Å²) in [5, 5.41) is 11.8. The van der Waals surface area contributed by atoms with E-state index in [0.717, 1.165) is 0 Å². The van der Waals surface area contributed by atoms with E-state index in [9.17, 15) is 19.2 Å². The average Bonchev–Trinajstić information content (AvgIpc) is 2.81. The van der Waals surface area contributed by atoms with Crippen molar-refractivity contribution in [1.82, 2.24) is 21.3 Å². The number of hydrazine groups is 1. The molecule has 0 fully saturated rings. The van der Waals surface area contributed by atoms with E-state index in [0.29, 0.717) is 43.0 Å². The van der Waals surface area contributed by atoms with Crippen LogP contribution in [0.5, 0.6) is 5.88 Å². The van der Waals surface area contributed by atoms with Crippen LogP contribution in [-0.4, -0.2) is 47.0 Å². The van der Waals surface area contributed by atoms with Crippen LogP contribution in [0.2, 0.25) is 0 Å². The lowest BCUT2D eigenvalue weighted by Crippen LogP contribution is -2.46. The quantitative estimate of drug-likeness (QED) is 0.260. The SMILES string of the molecule is CCC(=O)CCCCCC(NC(=O)O)C(=O)ONNC(=O)c1cc2ccccc2nc1OC. The van der Waals surface area contributed by atoms with Crippen molar-refractivity contribution in [3.05, 3.63) is 35.9 Å². The van der Waals surface area contributed by atoms with E-state index in [1.54, 1.807) is 31.2 Å². The molecule has 0 bridgehead atoms. The van der Waals surface area contributed by atoms with Gasteiger partial charge in [0.25, 0.3) is 5.91 Å². The van der Waals surface area contributed by atoms with Gasteiger partial charge in [-0.15, -0.1) is 0 Å². The fraction of sp³-hybridized carbons (Fsp3) is 0.409. The van der Waals surface area contributed by atoms with Gasteiger partial charge >= 0.3 is 12.1 Å². The van der Waals surface area contributed by atoms with Crippen LogP contribution in [0, 0.1) is 0 Å². The molecule has 33 heavy (non-hydrogen) atoms. The first kappa shape index (κ1) is 25.5. The van der Waals surface area contributed by atoms with E-state index in [4.69, 9.17) is 14.7 Å². The molecule has 1 aromatic heterocycles. The minimum absolute atomic E-state index is 0.0892. The molecule has 2 rings (SSSR count). The molecule has 11 nitrogen and oxygen atoms in total. The number of hydrogen-bond donors (Lipinski definition) is 4. The molecule has 2 aromatic rings. The van der Waals surface area contributed by atoms with Crippen LogP contribution in [0.3, 0.4) is 0 Å². The van der Waals surface area contributed by atoms with Crippen LogP contribution in [0.15, 0.2) is 30.3 Å². The van der Waals surface area contributed by atoms with E-state index < -0.39 is 24.0 Å². The molecule has 1 atom stereocenters. The molecule has 1 heterocycles. The topological polar surface area (TPSA) is 156 Å². The van der Waals surface area contributed by atoms with Gasteiger partial charge in [0, 0.05) is 18.2 Å². The van der Waals surface area contributed by atoms with Gasteiger partial charge in [0.1, 0.15) is 17.4 Å². The molecule has 0 aliphatic carbocycles. The average molecular weight is 460 g/mol. The number of rotatable bonds is 13. The van der Waals surface area contributed by atoms with Crippen LogP contribution < -0.4 is 21.1 Å². The zero-order valence-corrected chi connectivity index (χ0v) is 18.6. The first-order valence-corrected chi connectivity index (χ1v) is 10.6. The Morgan fingerprint density at radius 3 is 2.58 bits per heavy atom. The Kier molecular flexibility index (Phi) is 10.0. The van der Waals surface area contributed by atoms with Crippen molar-refractivity contribution in [2.45, 2.75) is 51.5 Å². The summed E-state index contributed by atoms with van der Waals surface area (Å²) in [6.07, 6.45) is 1.58. The summed E-state index contributed by atoms with van der Waals surface area (Å²) >= 11 is 0. The number of nitrogens with zero attached hydrogens (tertiary/aromatic N) is 1. The molecule has 0 aliphatic rings. The molecule has 11 heteroatoms. The first-order valence-electron chi connectivity index (χ1n) is 10.6. The Hall–Kier alpha value is -3.73. The van der Waals surface area contributed by atoms with Gasteiger partial charge in [-0.1, -0.05) is 43.6 Å². The number of para-hydroxylation sites is 1. The van der Waals surface area contributed by atoms with Gasteiger partial charge in [0.05, 0.1) is 12.6 Å². The zero-order valence-electron chi connectivity index (χ0n) is 18.6. The van der Waals surface area contributed by atoms with Gasteiger partial charge < -0.3 is 20.0 Å². The van der Waals surface area contributed by atoms with E-state index in [1.807, 2.05) is 6.07 Å². The van der Waals surface area contributed by atoms with Crippen molar-refractivity contribution in [2.24, 2.45) is 0 Å². The Balaban J connectivity index is 1.89. The van der Waals surface area contributed by atoms with Gasteiger partial charge in [0.15, 0.2) is 0 Å². The van der Waals surface area contributed by atoms with Crippen LogP contribution in [0.4, 0.5) is 4.79 Å². The standard InChI is InChI=1S/C22H28N4O7/c1-3-15(27)10-5-4-6-12-18(24-22(30)31)21(29)33-26-25-19(28)16-13-14-9-7-8-11-17(14)23-20(16)32-2/h7-9,11,13,18,24,26H,3-6,10,12H2,1-2H3,(H,25,28)(H,30,31). The number of amides is 2. The van der Waals surface area contributed by atoms with E-state index in [2.05, 4.69) is 21.3 Å². The smallest absolute Gasteiger partial charge is 0.405 e. The Bertz CT molecular complexity index is 996. The Morgan fingerprint density at radius 1 is 1.12 bits per heavy atom. The van der Waals surface area contributed by atoms with Crippen LogP contribution in [-0.2, 0) is 14.4 Å². The number of carbonyl (C=O) groups is 4. The number of nitrogens with one attached hydrogen (secondary N) is 3. The summed E-state index contributed by atoms with van der Waals surface area (Å²) in [6.45, 7) is 1.80. The summed E-state index contributed by atoms with van der Waals surface area (Å²) < 4.78 is 5.17. The Labute approximate surface area is 190 Å². The second-order valence-corrected chi connectivity index (χ2v) is 7.21. The van der Waals surface area contributed by atoms with E-state index in [1.165, 1.54) is 7.11 Å². The van der Waals surface area contributed by atoms with Crippen molar-refractivity contribution >= 4 is 34.7 Å². The summed E-state index contributed by atoms with van der Waals surface area (Å²) in [5.41, 5.74) is 5.02. The molecule has 1 unspecified atom stereocenters. The molecule has 0 saturated carbocycles. The van der Waals surface area contributed by atoms with Crippen LogP contribution >= 0.6 is 0 Å². The van der Waals surface area contributed by atoms with Crippen molar-refractivity contribution < 1.29 is 33.9 Å². The molecule has 0 saturated heterocycles. The normalized spacial score (nSPS) is 11.5. The molecule has 4 N–H and O–H groups in total. The highest BCUT2D eigenvalue weighted by Gasteiger charge is 2.23. The fourth-order valence-electron chi connectivity index (χ4n) is 3.10. The Morgan fingerprint density at radius 2 is 1.88 bits per heavy atom. The zero-order chi connectivity index (χ0) is 24.2. The fourth-order valence-corrected chi connectivity index (χ4v) is 3.10. The van der Waals surface area contributed by atoms with Crippen molar-refractivity contribution in [2.75, 3.05) is 7.11 Å². The van der Waals surface area contributed by atoms with E-state index >= 15 is 0 Å². The summed E-state index contributed by atoms with van der Waals surface area (Å²) in [6, 6.07) is 7.61. The predicted molar refractivity (Wildman–Crippen MR) is 118 cm³/mol. The highest BCUT2D eigenvalue weighted by atomic mass is 16.7. The first-order chi connectivity index (χ1) is 15.8. The maximum Gasteiger partial charge on any atom is 0.405 e. The number of fused-ring (bicyclic) bond motifs is 1. The predicted octanol–water partition coefficient (Wildman–Crippen LogP) is 2.50. The second kappa shape index (κ2) is 13.0. The van der Waals surface area contributed by atoms with E-state index in [-0.39, 0.29) is 23.6 Å². The number of ketones is 1. The number of pyridine rings is 1. The highest BCUT2D eigenvalue weighted by molar-refractivity contribution is 5.99. The number of unbranched alkanes of at least 4 members (excludes halogenated alkanes) is 2. The molecule has 0 radical (unpaired) electrons. The lowest BCUT2D eigenvalue weighted by atomic mass is 10.1. The number of benzene rings is 1. The number of carboxylic acid groups (broad SMARTS) is 1. The number of Topliss-reactive ketones (excluding diaryl/α,β-unsaturated/α-hetero) is 1. The number of methoxy groups -OCH3 is 1. The molecule has 1 aromatic carbocycles. The van der Waals surface area contributed by atoms with Crippen molar-refractivity contribution in [1.29, 1.82) is 0 Å². The molecule has 0 spiro atoms. The molecular formula is C22H28N4O7. The summed E-state index contributed by atoms with van der Waals surface area (Å²) in [5.74, 6) is -1.33.